The fraction of sp³-hybridized carbons (Fsp3) is 0.333. The minimum atomic E-state index is -2.62. The van der Waals surface area contributed by atoms with Crippen molar-refractivity contribution in [1.82, 2.24) is 4.98 Å². The zero-order chi connectivity index (χ0) is 10.7. The van der Waals surface area contributed by atoms with Gasteiger partial charge in [0.15, 0.2) is 6.29 Å². The van der Waals surface area contributed by atoms with Crippen molar-refractivity contribution in [3.8, 4) is 0 Å². The van der Waals surface area contributed by atoms with Crippen LogP contribution in [0, 0.1) is 6.92 Å². The van der Waals surface area contributed by atoms with E-state index in [-0.39, 0.29) is 23.2 Å². The molecule has 1 rings (SSSR count). The van der Waals surface area contributed by atoms with Crippen LogP contribution < -0.4 is 5.73 Å². The minimum absolute atomic E-state index is 0.0679. The number of nitrogens with two attached hydrogens (primary N) is 1. The van der Waals surface area contributed by atoms with E-state index >= 15 is 0 Å². The molecule has 0 aliphatic carbocycles. The van der Waals surface area contributed by atoms with Gasteiger partial charge in [-0.2, -0.15) is 0 Å². The van der Waals surface area contributed by atoms with Crippen LogP contribution in [-0.2, 0) is 6.54 Å². The molecule has 76 valence electrons. The molecule has 0 amide bonds. The van der Waals surface area contributed by atoms with E-state index in [1.54, 1.807) is 0 Å². The van der Waals surface area contributed by atoms with Gasteiger partial charge in [-0.05, 0) is 12.5 Å². The number of halogens is 2. The summed E-state index contributed by atoms with van der Waals surface area (Å²) >= 11 is 0. The summed E-state index contributed by atoms with van der Waals surface area (Å²) in [6.07, 6.45) is -1.04. The van der Waals surface area contributed by atoms with Crippen molar-refractivity contribution in [2.45, 2.75) is 19.9 Å². The maximum atomic E-state index is 12.4. The van der Waals surface area contributed by atoms with E-state index in [0.717, 1.165) is 6.20 Å². The van der Waals surface area contributed by atoms with Crippen molar-refractivity contribution < 1.29 is 13.6 Å². The van der Waals surface area contributed by atoms with Crippen molar-refractivity contribution in [1.29, 1.82) is 0 Å². The molecule has 0 aliphatic rings. The molecule has 0 radical (unpaired) electrons. The highest BCUT2D eigenvalue weighted by Gasteiger charge is 2.16. The topological polar surface area (TPSA) is 56.0 Å². The van der Waals surface area contributed by atoms with Gasteiger partial charge < -0.3 is 5.73 Å². The summed E-state index contributed by atoms with van der Waals surface area (Å²) in [5, 5.41) is 0. The first-order valence-corrected chi connectivity index (χ1v) is 4.03. The molecule has 0 fully saturated rings. The zero-order valence-electron chi connectivity index (χ0n) is 7.63. The molecular formula is C9H10F2N2O. The van der Waals surface area contributed by atoms with Gasteiger partial charge in [0.2, 0.25) is 0 Å². The molecule has 0 saturated heterocycles. The number of aromatic nitrogens is 1. The zero-order valence-corrected chi connectivity index (χ0v) is 7.63. The third-order valence-corrected chi connectivity index (χ3v) is 2.05. The standard InChI is InChI=1S/C9H10F2N2O/c1-5-6(9(10)11)3-13-8(2-12)7(5)4-14/h3-4,9H,2,12H2,1H3. The molecule has 0 bridgehead atoms. The Balaban J connectivity index is 3.34. The average Bonchev–Trinajstić information content (AvgIpc) is 2.16. The molecule has 0 spiro atoms. The smallest absolute Gasteiger partial charge is 0.265 e. The van der Waals surface area contributed by atoms with Crippen molar-refractivity contribution in [2.75, 3.05) is 0 Å². The van der Waals surface area contributed by atoms with Crippen molar-refractivity contribution in [3.63, 3.8) is 0 Å². The Kier molecular flexibility index (Phi) is 3.24. The van der Waals surface area contributed by atoms with Gasteiger partial charge in [0, 0.05) is 23.9 Å². The van der Waals surface area contributed by atoms with Gasteiger partial charge in [-0.3, -0.25) is 9.78 Å². The molecule has 0 aliphatic heterocycles. The third kappa shape index (κ3) is 1.77. The summed E-state index contributed by atoms with van der Waals surface area (Å²) < 4.78 is 24.8. The maximum Gasteiger partial charge on any atom is 0.265 e. The second-order valence-electron chi connectivity index (χ2n) is 2.82. The fourth-order valence-electron chi connectivity index (χ4n) is 1.22. The summed E-state index contributed by atoms with van der Waals surface area (Å²) in [6, 6.07) is 0. The maximum absolute atomic E-state index is 12.4. The Bertz CT molecular complexity index is 353. The van der Waals surface area contributed by atoms with E-state index in [9.17, 15) is 13.6 Å². The molecule has 0 atom stereocenters. The lowest BCUT2D eigenvalue weighted by Gasteiger charge is -2.09. The van der Waals surface area contributed by atoms with Crippen molar-refractivity contribution in [2.24, 2.45) is 5.73 Å². The second-order valence-corrected chi connectivity index (χ2v) is 2.82. The summed E-state index contributed by atoms with van der Waals surface area (Å²) in [6.45, 7) is 1.53. The van der Waals surface area contributed by atoms with Crippen LogP contribution in [0.5, 0.6) is 0 Å². The number of carbonyl (C=O) groups is 1. The van der Waals surface area contributed by atoms with Crippen LogP contribution in [0.1, 0.15) is 33.6 Å². The van der Waals surface area contributed by atoms with Crippen LogP contribution >= 0.6 is 0 Å². The van der Waals surface area contributed by atoms with Gasteiger partial charge in [-0.15, -0.1) is 0 Å². The molecule has 0 aromatic carbocycles. The molecule has 0 unspecified atom stereocenters. The fourth-order valence-corrected chi connectivity index (χ4v) is 1.22. The monoisotopic (exact) mass is 200 g/mol. The van der Waals surface area contributed by atoms with Crippen molar-refractivity contribution >= 4 is 6.29 Å². The van der Waals surface area contributed by atoms with Crippen LogP contribution in [0.25, 0.3) is 0 Å². The van der Waals surface area contributed by atoms with E-state index in [1.165, 1.54) is 6.92 Å². The SMILES string of the molecule is Cc1c(C(F)F)cnc(CN)c1C=O. The molecule has 1 aromatic rings. The van der Waals surface area contributed by atoms with Crippen LogP contribution in [0.3, 0.4) is 0 Å². The lowest BCUT2D eigenvalue weighted by Crippen LogP contribution is -2.08. The van der Waals surface area contributed by atoms with Gasteiger partial charge in [-0.25, -0.2) is 8.78 Å². The summed E-state index contributed by atoms with van der Waals surface area (Å²) in [5.41, 5.74) is 5.87. The first kappa shape index (κ1) is 10.7. The first-order chi connectivity index (χ1) is 6.61. The van der Waals surface area contributed by atoms with Crippen LogP contribution in [0.15, 0.2) is 6.20 Å². The number of carbonyl (C=O) groups excluding carboxylic acids is 1. The van der Waals surface area contributed by atoms with Crippen molar-refractivity contribution in [3.05, 3.63) is 28.6 Å². The lowest BCUT2D eigenvalue weighted by atomic mass is 10.0. The Morgan fingerprint density at radius 2 is 2.29 bits per heavy atom. The Morgan fingerprint density at radius 1 is 1.64 bits per heavy atom. The van der Waals surface area contributed by atoms with E-state index in [4.69, 9.17) is 5.73 Å². The molecule has 3 nitrogen and oxygen atoms in total. The molecule has 1 aromatic heterocycles. The van der Waals surface area contributed by atoms with Gasteiger partial charge in [0.25, 0.3) is 6.43 Å². The molecule has 1 heterocycles. The minimum Gasteiger partial charge on any atom is -0.325 e. The van der Waals surface area contributed by atoms with Gasteiger partial charge in [0.05, 0.1) is 5.69 Å². The Morgan fingerprint density at radius 3 is 2.71 bits per heavy atom. The number of aldehydes is 1. The second kappa shape index (κ2) is 4.23. The number of nitrogens with zero attached hydrogens (tertiary/aromatic N) is 1. The lowest BCUT2D eigenvalue weighted by molar-refractivity contribution is 0.112. The summed E-state index contributed by atoms with van der Waals surface area (Å²) in [7, 11) is 0. The van der Waals surface area contributed by atoms with Gasteiger partial charge in [0.1, 0.15) is 0 Å². The third-order valence-electron chi connectivity index (χ3n) is 2.05. The molecule has 2 N–H and O–H groups in total. The predicted molar refractivity (Wildman–Crippen MR) is 47.2 cm³/mol. The number of hydrogen-bond acceptors (Lipinski definition) is 3. The number of pyridine rings is 1. The van der Waals surface area contributed by atoms with Gasteiger partial charge in [-0.1, -0.05) is 0 Å². The van der Waals surface area contributed by atoms with E-state index in [1.807, 2.05) is 0 Å². The number of alkyl halides is 2. The largest absolute Gasteiger partial charge is 0.325 e. The summed E-state index contributed by atoms with van der Waals surface area (Å²) in [5.74, 6) is 0. The van der Waals surface area contributed by atoms with Crippen LogP contribution in [0.4, 0.5) is 8.78 Å². The highest BCUT2D eigenvalue weighted by Crippen LogP contribution is 2.24. The van der Waals surface area contributed by atoms with Crippen LogP contribution in [-0.4, -0.2) is 11.3 Å². The quantitative estimate of drug-likeness (QED) is 0.754. The first-order valence-electron chi connectivity index (χ1n) is 4.03. The van der Waals surface area contributed by atoms with Crippen LogP contribution in [0.2, 0.25) is 0 Å². The molecule has 0 saturated carbocycles. The number of rotatable bonds is 3. The number of hydrogen-bond donors (Lipinski definition) is 1. The average molecular weight is 200 g/mol. The highest BCUT2D eigenvalue weighted by molar-refractivity contribution is 5.79. The van der Waals surface area contributed by atoms with E-state index in [0.29, 0.717) is 12.0 Å². The Hall–Kier alpha value is -1.36. The molecule has 5 heteroatoms. The van der Waals surface area contributed by atoms with E-state index < -0.39 is 6.43 Å². The molecular weight excluding hydrogens is 190 g/mol. The predicted octanol–water partition coefficient (Wildman–Crippen LogP) is 1.60. The van der Waals surface area contributed by atoms with Gasteiger partial charge >= 0.3 is 0 Å². The normalized spacial score (nSPS) is 10.6. The van der Waals surface area contributed by atoms with E-state index in [2.05, 4.69) is 4.98 Å². The molecule has 14 heavy (non-hydrogen) atoms. The summed E-state index contributed by atoms with van der Waals surface area (Å²) in [4.78, 5) is 14.4. The Labute approximate surface area is 79.9 Å². The highest BCUT2D eigenvalue weighted by atomic mass is 19.3.